The topological polar surface area (TPSA) is 107 Å². The molecule has 7 nitrogen and oxygen atoms in total. The maximum Gasteiger partial charge on any atom is 0.338 e. The second-order valence-electron chi connectivity index (χ2n) is 6.81. The van der Waals surface area contributed by atoms with E-state index in [0.717, 1.165) is 0 Å². The molecule has 2 rings (SSSR count). The molecule has 144 valence electrons. The van der Waals surface area contributed by atoms with E-state index in [1.54, 1.807) is 0 Å². The molecular weight excluding hydrogens is 380 g/mol. The van der Waals surface area contributed by atoms with E-state index in [4.69, 9.17) is 22.1 Å². The number of halogens is 1. The molecule has 26 heavy (non-hydrogen) atoms. The molecule has 0 aliphatic carbocycles. The Balaban J connectivity index is 2.02. The summed E-state index contributed by atoms with van der Waals surface area (Å²) in [4.78, 5) is 26.1. The van der Waals surface area contributed by atoms with Gasteiger partial charge in [0.2, 0.25) is 0 Å². The first kappa shape index (κ1) is 20.5. The fourth-order valence-corrected chi connectivity index (χ4v) is 4.68. The van der Waals surface area contributed by atoms with Gasteiger partial charge < -0.3 is 15.4 Å². The molecule has 0 saturated carbocycles. The minimum Gasteiger partial charge on any atom is -0.452 e. The molecule has 1 saturated heterocycles. The van der Waals surface area contributed by atoms with Gasteiger partial charge in [0, 0.05) is 12.6 Å². The Kier molecular flexibility index (Phi) is 6.52. The normalized spacial score (nSPS) is 18.7. The summed E-state index contributed by atoms with van der Waals surface area (Å²) >= 11 is 5.81. The van der Waals surface area contributed by atoms with Crippen LogP contribution in [0.5, 0.6) is 0 Å². The number of benzene rings is 1. The zero-order chi connectivity index (χ0) is 19.5. The second-order valence-corrected chi connectivity index (χ2v) is 9.45. The van der Waals surface area contributed by atoms with Crippen molar-refractivity contribution in [3.63, 3.8) is 0 Å². The van der Waals surface area contributed by atoms with Crippen molar-refractivity contribution >= 4 is 39.0 Å². The second kappa shape index (κ2) is 8.26. The molecule has 9 heteroatoms. The van der Waals surface area contributed by atoms with Crippen LogP contribution in [0, 0.1) is 5.92 Å². The number of nitrogen functional groups attached to an aromatic ring is 1. The molecule has 0 bridgehead atoms. The fraction of sp³-hybridized carbons (Fsp3) is 0.529. The molecule has 2 N–H and O–H groups in total. The quantitative estimate of drug-likeness (QED) is 0.573. The molecule has 0 aromatic heterocycles. The van der Waals surface area contributed by atoms with E-state index >= 15 is 0 Å². The van der Waals surface area contributed by atoms with Gasteiger partial charge in [-0.1, -0.05) is 25.4 Å². The van der Waals surface area contributed by atoms with E-state index in [1.807, 2.05) is 13.8 Å². The average molecular weight is 403 g/mol. The highest BCUT2D eigenvalue weighted by Crippen LogP contribution is 2.21. The monoisotopic (exact) mass is 402 g/mol. The highest BCUT2D eigenvalue weighted by atomic mass is 35.5. The predicted molar refractivity (Wildman–Crippen MR) is 99.8 cm³/mol. The number of hydrogen-bond donors (Lipinski definition) is 1. The maximum absolute atomic E-state index is 12.5. The number of anilines is 1. The SMILES string of the molecule is CC(C)CN(C(=O)COC(=O)c1ccc(Cl)c(N)c1)[C@H]1CCS(=O)(=O)C1. The number of esters is 1. The van der Waals surface area contributed by atoms with Crippen LogP contribution < -0.4 is 5.73 Å². The predicted octanol–water partition coefficient (Wildman–Crippen LogP) is 1.75. The van der Waals surface area contributed by atoms with Crippen molar-refractivity contribution in [1.82, 2.24) is 4.90 Å². The summed E-state index contributed by atoms with van der Waals surface area (Å²) in [5.74, 6) is -0.911. The van der Waals surface area contributed by atoms with Crippen LogP contribution >= 0.6 is 11.6 Å². The number of hydrogen-bond acceptors (Lipinski definition) is 6. The van der Waals surface area contributed by atoms with Gasteiger partial charge in [-0.25, -0.2) is 13.2 Å². The highest BCUT2D eigenvalue weighted by Gasteiger charge is 2.35. The van der Waals surface area contributed by atoms with Crippen molar-refractivity contribution < 1.29 is 22.7 Å². The van der Waals surface area contributed by atoms with E-state index in [2.05, 4.69) is 0 Å². The lowest BCUT2D eigenvalue weighted by Crippen LogP contribution is -2.45. The van der Waals surface area contributed by atoms with Gasteiger partial charge in [0.15, 0.2) is 16.4 Å². The standard InChI is InChI=1S/C17H23ClN2O5S/c1-11(2)8-20(13-5-6-26(23,24)10-13)16(21)9-25-17(22)12-3-4-14(18)15(19)7-12/h3-4,7,11,13H,5-6,8-10,19H2,1-2H3/t13-/m0/s1. The Bertz CT molecular complexity index is 794. The van der Waals surface area contributed by atoms with Crippen LogP contribution in [0.15, 0.2) is 18.2 Å². The summed E-state index contributed by atoms with van der Waals surface area (Å²) in [6.45, 7) is 3.83. The summed E-state index contributed by atoms with van der Waals surface area (Å²) in [7, 11) is -3.12. The third-order valence-electron chi connectivity index (χ3n) is 4.09. The molecule has 1 aliphatic heterocycles. The van der Waals surface area contributed by atoms with Gasteiger partial charge in [-0.05, 0) is 30.5 Å². The Morgan fingerprint density at radius 3 is 2.62 bits per heavy atom. The number of rotatable bonds is 6. The van der Waals surface area contributed by atoms with Crippen molar-refractivity contribution in [3.8, 4) is 0 Å². The lowest BCUT2D eigenvalue weighted by molar-refractivity contribution is -0.137. The van der Waals surface area contributed by atoms with Crippen LogP contribution in [-0.2, 0) is 19.4 Å². The van der Waals surface area contributed by atoms with Crippen molar-refractivity contribution in [2.24, 2.45) is 5.92 Å². The maximum atomic E-state index is 12.5. The van der Waals surface area contributed by atoms with Crippen molar-refractivity contribution in [2.75, 3.05) is 30.4 Å². The van der Waals surface area contributed by atoms with Gasteiger partial charge in [-0.15, -0.1) is 0 Å². The number of ether oxygens (including phenoxy) is 1. The van der Waals surface area contributed by atoms with E-state index in [9.17, 15) is 18.0 Å². The third kappa shape index (κ3) is 5.35. The van der Waals surface area contributed by atoms with Gasteiger partial charge in [-0.2, -0.15) is 0 Å². The molecule has 1 heterocycles. The minimum absolute atomic E-state index is 0.0485. The summed E-state index contributed by atoms with van der Waals surface area (Å²) in [6, 6.07) is 3.94. The molecule has 1 amide bonds. The lowest BCUT2D eigenvalue weighted by Gasteiger charge is -2.29. The summed E-state index contributed by atoms with van der Waals surface area (Å²) in [5, 5.41) is 0.322. The highest BCUT2D eigenvalue weighted by molar-refractivity contribution is 7.91. The first-order valence-electron chi connectivity index (χ1n) is 8.31. The largest absolute Gasteiger partial charge is 0.452 e. The number of carbonyl (C=O) groups excluding carboxylic acids is 2. The Morgan fingerprint density at radius 1 is 1.38 bits per heavy atom. The van der Waals surface area contributed by atoms with E-state index in [1.165, 1.54) is 23.1 Å². The lowest BCUT2D eigenvalue weighted by atomic mass is 10.1. The van der Waals surface area contributed by atoms with Crippen LogP contribution in [0.3, 0.4) is 0 Å². The zero-order valence-corrected chi connectivity index (χ0v) is 16.3. The summed E-state index contributed by atoms with van der Waals surface area (Å²) < 4.78 is 28.5. The minimum atomic E-state index is -3.12. The third-order valence-corrected chi connectivity index (χ3v) is 6.18. The fourth-order valence-electron chi connectivity index (χ4n) is 2.83. The molecule has 1 aromatic rings. The van der Waals surface area contributed by atoms with Gasteiger partial charge in [-0.3, -0.25) is 4.79 Å². The van der Waals surface area contributed by atoms with Crippen molar-refractivity contribution in [1.29, 1.82) is 0 Å². The number of amides is 1. The molecular formula is C17H23ClN2O5S. The molecule has 0 unspecified atom stereocenters. The van der Waals surface area contributed by atoms with Crippen LogP contribution in [-0.4, -0.2) is 55.9 Å². The molecule has 0 radical (unpaired) electrons. The van der Waals surface area contributed by atoms with Crippen LogP contribution in [0.2, 0.25) is 5.02 Å². The van der Waals surface area contributed by atoms with Crippen molar-refractivity contribution in [3.05, 3.63) is 28.8 Å². The first-order chi connectivity index (χ1) is 12.1. The molecule has 1 aliphatic rings. The summed E-state index contributed by atoms with van der Waals surface area (Å²) in [5.41, 5.74) is 6.09. The van der Waals surface area contributed by atoms with Gasteiger partial charge in [0.1, 0.15) is 0 Å². The summed E-state index contributed by atoms with van der Waals surface area (Å²) in [6.07, 6.45) is 0.405. The van der Waals surface area contributed by atoms with E-state index < -0.39 is 28.3 Å². The first-order valence-corrected chi connectivity index (χ1v) is 10.5. The average Bonchev–Trinajstić information content (AvgIpc) is 2.92. The van der Waals surface area contributed by atoms with Gasteiger partial charge in [0.25, 0.3) is 5.91 Å². The number of carbonyl (C=O) groups is 2. The van der Waals surface area contributed by atoms with E-state index in [0.29, 0.717) is 18.0 Å². The molecule has 0 spiro atoms. The zero-order valence-electron chi connectivity index (χ0n) is 14.8. The van der Waals surface area contributed by atoms with Gasteiger partial charge in [0.05, 0.1) is 27.8 Å². The Labute approximate surface area is 158 Å². The number of sulfone groups is 1. The van der Waals surface area contributed by atoms with Crippen LogP contribution in [0.25, 0.3) is 0 Å². The molecule has 1 fully saturated rings. The van der Waals surface area contributed by atoms with Crippen LogP contribution in [0.4, 0.5) is 5.69 Å². The van der Waals surface area contributed by atoms with Crippen LogP contribution in [0.1, 0.15) is 30.6 Å². The molecule has 1 aromatic carbocycles. The van der Waals surface area contributed by atoms with Gasteiger partial charge >= 0.3 is 5.97 Å². The Hall–Kier alpha value is -1.80. The van der Waals surface area contributed by atoms with Crippen molar-refractivity contribution in [2.45, 2.75) is 26.3 Å². The Morgan fingerprint density at radius 2 is 2.08 bits per heavy atom. The number of nitrogens with two attached hydrogens (primary N) is 1. The number of nitrogens with zero attached hydrogens (tertiary/aromatic N) is 1. The molecule has 1 atom stereocenters. The smallest absolute Gasteiger partial charge is 0.338 e. The van der Waals surface area contributed by atoms with E-state index in [-0.39, 0.29) is 34.7 Å².